The number of benzene rings is 2. The molecule has 150 valence electrons. The molecule has 15 heteroatoms. The van der Waals surface area contributed by atoms with E-state index >= 15 is 0 Å². The van der Waals surface area contributed by atoms with Crippen LogP contribution in [0.1, 0.15) is 0 Å². The van der Waals surface area contributed by atoms with Gasteiger partial charge in [0, 0.05) is 5.56 Å². The Morgan fingerprint density at radius 3 is 2.31 bits per heavy atom. The monoisotopic (exact) mass is 435 g/mol. The van der Waals surface area contributed by atoms with E-state index in [1.807, 2.05) is 0 Å². The number of hydrogen-bond acceptors (Lipinski definition) is 9. The Kier molecular flexibility index (Phi) is 4.12. The van der Waals surface area contributed by atoms with Crippen LogP contribution >= 0.6 is 0 Å². The fourth-order valence-corrected chi connectivity index (χ4v) is 5.22. The second kappa shape index (κ2) is 6.31. The van der Waals surface area contributed by atoms with E-state index in [0.29, 0.717) is 16.6 Å². The van der Waals surface area contributed by atoms with Crippen LogP contribution in [0.15, 0.2) is 40.1 Å². The van der Waals surface area contributed by atoms with Crippen molar-refractivity contribution < 1.29 is 16.8 Å². The van der Waals surface area contributed by atoms with Gasteiger partial charge in [0.05, 0.1) is 16.6 Å². The molecule has 0 aliphatic rings. The molecule has 0 spiro atoms. The number of nitrogens with zero attached hydrogens (tertiary/aromatic N) is 4. The van der Waals surface area contributed by atoms with Crippen molar-refractivity contribution in [3.63, 3.8) is 0 Å². The summed E-state index contributed by atoms with van der Waals surface area (Å²) in [5, 5.41) is 23.6. The van der Waals surface area contributed by atoms with Crippen LogP contribution in [0.5, 0.6) is 0 Å². The normalized spacial score (nSPS) is 12.5. The van der Waals surface area contributed by atoms with Crippen molar-refractivity contribution in [3.05, 3.63) is 30.3 Å². The van der Waals surface area contributed by atoms with Gasteiger partial charge >= 0.3 is 0 Å². The molecule has 0 saturated heterocycles. The van der Waals surface area contributed by atoms with Gasteiger partial charge < -0.3 is 10.7 Å². The van der Waals surface area contributed by atoms with Gasteiger partial charge in [-0.3, -0.25) is 0 Å². The van der Waals surface area contributed by atoms with E-state index in [1.165, 1.54) is 6.07 Å². The molecule has 4 rings (SSSR count). The minimum Gasteiger partial charge on any atom is -0.369 e. The van der Waals surface area contributed by atoms with Gasteiger partial charge in [-0.2, -0.15) is 0 Å². The number of H-pyrrole nitrogens is 2. The van der Waals surface area contributed by atoms with E-state index in [4.69, 9.17) is 16.0 Å². The van der Waals surface area contributed by atoms with Crippen molar-refractivity contribution in [3.8, 4) is 22.5 Å². The highest BCUT2D eigenvalue weighted by molar-refractivity contribution is 7.92. The first kappa shape index (κ1) is 18.9. The molecule has 4 aromatic rings. The topological polar surface area (TPSA) is 229 Å². The third-order valence-electron chi connectivity index (χ3n) is 4.12. The first-order valence-electron chi connectivity index (χ1n) is 7.78. The van der Waals surface area contributed by atoms with Crippen molar-refractivity contribution in [1.82, 2.24) is 30.6 Å². The molecular weight excluding hydrogens is 422 g/mol. The second-order valence-corrected chi connectivity index (χ2v) is 9.01. The van der Waals surface area contributed by atoms with Crippen molar-refractivity contribution in [2.24, 2.45) is 10.3 Å². The van der Waals surface area contributed by atoms with E-state index in [2.05, 4.69) is 30.6 Å². The smallest absolute Gasteiger partial charge is 0.240 e. The molecule has 29 heavy (non-hydrogen) atoms. The summed E-state index contributed by atoms with van der Waals surface area (Å²) in [5.74, 6) is 0.0122. The number of nitrogens with one attached hydrogen (secondary N) is 2. The van der Waals surface area contributed by atoms with Crippen LogP contribution in [0.4, 0.5) is 5.95 Å². The molecule has 0 saturated carbocycles. The van der Waals surface area contributed by atoms with Gasteiger partial charge in [-0.15, -0.1) is 5.10 Å². The lowest BCUT2D eigenvalue weighted by molar-refractivity contribution is 0.584. The van der Waals surface area contributed by atoms with Crippen LogP contribution in [0.3, 0.4) is 0 Å². The van der Waals surface area contributed by atoms with Crippen molar-refractivity contribution in [2.75, 3.05) is 5.73 Å². The van der Waals surface area contributed by atoms with Gasteiger partial charge in [0.15, 0.2) is 11.8 Å². The number of nitrogens with two attached hydrogens (primary N) is 3. The summed E-state index contributed by atoms with van der Waals surface area (Å²) in [6, 6.07) is 7.46. The van der Waals surface area contributed by atoms with Gasteiger partial charge in [0.25, 0.3) is 0 Å². The molecule has 2 heterocycles. The lowest BCUT2D eigenvalue weighted by Crippen LogP contribution is -2.22. The largest absolute Gasteiger partial charge is 0.369 e. The maximum Gasteiger partial charge on any atom is 0.240 e. The molecule has 0 atom stereocenters. The number of anilines is 1. The number of primary sulfonamides is 2. The van der Waals surface area contributed by atoms with E-state index < -0.39 is 29.8 Å². The summed E-state index contributed by atoms with van der Waals surface area (Å²) in [7, 11) is -9.03. The van der Waals surface area contributed by atoms with Crippen molar-refractivity contribution in [2.45, 2.75) is 9.79 Å². The number of fused-ring (bicyclic) bond motifs is 1. The molecule has 2 aromatic carbocycles. The average molecular weight is 435 g/mol. The second-order valence-electron chi connectivity index (χ2n) is 5.98. The SMILES string of the molecule is Nc1nc2c(-c3ccc(S(N)(=O)=O)c(S(N)(=O)=O)c3-c3nnn[nH]3)cccc2[nH]1. The summed E-state index contributed by atoms with van der Waals surface area (Å²) in [5.41, 5.74) is 7.25. The molecule has 13 nitrogen and oxygen atoms in total. The maximum atomic E-state index is 12.4. The summed E-state index contributed by atoms with van der Waals surface area (Å²) in [4.78, 5) is 5.64. The summed E-state index contributed by atoms with van der Waals surface area (Å²) >= 11 is 0. The Labute approximate surface area is 163 Å². The molecule has 0 amide bonds. The van der Waals surface area contributed by atoms with E-state index in [-0.39, 0.29) is 22.9 Å². The Bertz CT molecular complexity index is 1460. The fraction of sp³-hybridized carbons (Fsp3) is 0. The predicted molar refractivity (Wildman–Crippen MR) is 102 cm³/mol. The van der Waals surface area contributed by atoms with Crippen LogP contribution in [0.2, 0.25) is 0 Å². The number of rotatable bonds is 4. The highest BCUT2D eigenvalue weighted by Gasteiger charge is 2.30. The van der Waals surface area contributed by atoms with Crippen LogP contribution in [0.25, 0.3) is 33.5 Å². The molecule has 0 unspecified atom stereocenters. The number of sulfonamides is 2. The molecular formula is C14H13N9O4S2. The first-order chi connectivity index (χ1) is 13.6. The zero-order chi connectivity index (χ0) is 21.0. The standard InChI is InChI=1S/C14H13N9O4S2/c15-14-18-8-3-1-2-7(11(8)19-14)6-4-5-9(28(16,24)25)12(29(17,26)27)10(6)13-20-22-23-21-13/h1-5H,(H3,15,18,19)(H2,16,24,25)(H2,17,26,27)(H,20,21,22,23). The number of aromatic nitrogens is 6. The van der Waals surface area contributed by atoms with E-state index in [1.54, 1.807) is 18.2 Å². The summed E-state index contributed by atoms with van der Waals surface area (Å²) < 4.78 is 48.9. The third kappa shape index (κ3) is 3.21. The maximum absolute atomic E-state index is 12.4. The number of tetrazole rings is 1. The Balaban J connectivity index is 2.22. The number of hydrogen-bond donors (Lipinski definition) is 5. The van der Waals surface area contributed by atoms with Gasteiger partial charge in [0.2, 0.25) is 20.0 Å². The molecule has 0 bridgehead atoms. The third-order valence-corrected chi connectivity index (χ3v) is 6.19. The molecule has 0 radical (unpaired) electrons. The van der Waals surface area contributed by atoms with Gasteiger partial charge in [-0.1, -0.05) is 18.2 Å². The van der Waals surface area contributed by atoms with Crippen LogP contribution in [-0.2, 0) is 20.0 Å². The Morgan fingerprint density at radius 1 is 0.931 bits per heavy atom. The van der Waals surface area contributed by atoms with Crippen molar-refractivity contribution in [1.29, 1.82) is 0 Å². The molecule has 0 aliphatic heterocycles. The lowest BCUT2D eigenvalue weighted by atomic mass is 9.98. The Hall–Kier alpha value is -3.40. The summed E-state index contributed by atoms with van der Waals surface area (Å²) in [6.07, 6.45) is 0. The van der Waals surface area contributed by atoms with Crippen LogP contribution < -0.4 is 16.0 Å². The number of imidazole rings is 1. The van der Waals surface area contributed by atoms with E-state index in [9.17, 15) is 16.8 Å². The highest BCUT2D eigenvalue weighted by Crippen LogP contribution is 2.40. The quantitative estimate of drug-likeness (QED) is 0.272. The minimum atomic E-state index is -4.58. The van der Waals surface area contributed by atoms with Crippen LogP contribution in [0, 0.1) is 0 Å². The van der Waals surface area contributed by atoms with E-state index in [0.717, 1.165) is 6.07 Å². The molecule has 0 fully saturated rings. The average Bonchev–Trinajstić information content (AvgIpc) is 3.27. The van der Waals surface area contributed by atoms with Crippen molar-refractivity contribution >= 4 is 37.0 Å². The van der Waals surface area contributed by atoms with Crippen LogP contribution in [-0.4, -0.2) is 47.4 Å². The first-order valence-corrected chi connectivity index (χ1v) is 10.9. The highest BCUT2D eigenvalue weighted by atomic mass is 32.2. The fourth-order valence-electron chi connectivity index (χ4n) is 3.06. The zero-order valence-electron chi connectivity index (χ0n) is 14.4. The van der Waals surface area contributed by atoms with Gasteiger partial charge in [-0.25, -0.2) is 37.2 Å². The number of nitrogen functional groups attached to an aromatic ring is 1. The van der Waals surface area contributed by atoms with Gasteiger partial charge in [-0.05, 0) is 28.1 Å². The molecule has 2 aromatic heterocycles. The molecule has 8 N–H and O–H groups in total. The zero-order valence-corrected chi connectivity index (χ0v) is 16.0. The predicted octanol–water partition coefficient (Wildman–Crippen LogP) is -0.713. The summed E-state index contributed by atoms with van der Waals surface area (Å²) in [6.45, 7) is 0. The number of aromatic amines is 2. The minimum absolute atomic E-state index is 0.130. The van der Waals surface area contributed by atoms with Gasteiger partial charge in [0.1, 0.15) is 9.79 Å². The Morgan fingerprint density at radius 2 is 1.69 bits per heavy atom. The lowest BCUT2D eigenvalue weighted by Gasteiger charge is -2.15. The molecule has 0 aliphatic carbocycles. The number of para-hydroxylation sites is 1.